The number of hydrogen-bond acceptors (Lipinski definition) is 3. The number of carboxylic acids is 1. The molecule has 0 aliphatic heterocycles. The third-order valence-corrected chi connectivity index (χ3v) is 5.27. The van der Waals surface area contributed by atoms with Crippen LogP contribution < -0.4 is 10.1 Å². The van der Waals surface area contributed by atoms with Crippen LogP contribution in [0.3, 0.4) is 0 Å². The number of aliphatic carboxylic acids is 1. The lowest BCUT2D eigenvalue weighted by molar-refractivity contribution is -0.141. The third kappa shape index (κ3) is 5.69. The maximum absolute atomic E-state index is 12.8. The van der Waals surface area contributed by atoms with Crippen molar-refractivity contribution in [2.75, 3.05) is 7.11 Å². The van der Waals surface area contributed by atoms with Crippen LogP contribution in [0.5, 0.6) is 5.75 Å². The number of nitrogens with one attached hydrogen (secondary N) is 1. The zero-order valence-corrected chi connectivity index (χ0v) is 18.7. The van der Waals surface area contributed by atoms with Crippen LogP contribution in [-0.2, 0) is 16.0 Å². The summed E-state index contributed by atoms with van der Waals surface area (Å²) < 4.78 is 5.16. The van der Waals surface area contributed by atoms with Gasteiger partial charge in [-0.25, -0.2) is 4.79 Å². The average Bonchev–Trinajstić information content (AvgIpc) is 2.79. The Morgan fingerprint density at radius 2 is 1.56 bits per heavy atom. The molecule has 0 saturated heterocycles. The minimum Gasteiger partial charge on any atom is -0.496 e. The monoisotopic (exact) mass is 469 g/mol. The lowest BCUT2D eigenvalue weighted by Gasteiger charge is -2.17. The van der Waals surface area contributed by atoms with Gasteiger partial charge >= 0.3 is 5.97 Å². The molecule has 3 aromatic carbocycles. The van der Waals surface area contributed by atoms with Crippen molar-refractivity contribution >= 4 is 40.7 Å². The summed E-state index contributed by atoms with van der Waals surface area (Å²) in [4.78, 5) is 24.6. The largest absolute Gasteiger partial charge is 0.496 e. The number of carbonyl (C=O) groups excluding carboxylic acids is 1. The minimum atomic E-state index is -1.16. The SMILES string of the molecule is COc1ccccc1-c1ccc(C[C@H](NC(=O)C(=C(Cl)Cl)c2ccccc2)C(=O)O)cc1. The molecule has 3 rings (SSSR count). The first-order valence-corrected chi connectivity index (χ1v) is 10.5. The number of para-hydroxylation sites is 1. The zero-order chi connectivity index (χ0) is 23.1. The van der Waals surface area contributed by atoms with Crippen molar-refractivity contribution in [1.29, 1.82) is 0 Å². The molecule has 164 valence electrons. The predicted molar refractivity (Wildman–Crippen MR) is 127 cm³/mol. The van der Waals surface area contributed by atoms with Gasteiger partial charge in [-0.2, -0.15) is 0 Å². The van der Waals surface area contributed by atoms with Crippen LogP contribution in [0.2, 0.25) is 0 Å². The first-order valence-electron chi connectivity index (χ1n) is 9.77. The van der Waals surface area contributed by atoms with Gasteiger partial charge < -0.3 is 15.2 Å². The Kier molecular flexibility index (Phi) is 7.92. The summed E-state index contributed by atoms with van der Waals surface area (Å²) in [6.07, 6.45) is 0.0925. The molecule has 0 fully saturated rings. The van der Waals surface area contributed by atoms with Crippen LogP contribution in [0.25, 0.3) is 16.7 Å². The lowest BCUT2D eigenvalue weighted by Crippen LogP contribution is -2.42. The van der Waals surface area contributed by atoms with Gasteiger partial charge in [0.2, 0.25) is 0 Å². The summed E-state index contributed by atoms with van der Waals surface area (Å²) in [6, 6.07) is 22.5. The number of ether oxygens (including phenoxy) is 1. The van der Waals surface area contributed by atoms with Crippen molar-refractivity contribution in [1.82, 2.24) is 5.32 Å². The van der Waals surface area contributed by atoms with Crippen molar-refractivity contribution in [3.8, 4) is 16.9 Å². The Labute approximate surface area is 196 Å². The van der Waals surface area contributed by atoms with Crippen molar-refractivity contribution < 1.29 is 19.4 Å². The number of carbonyl (C=O) groups is 2. The van der Waals surface area contributed by atoms with E-state index in [4.69, 9.17) is 27.9 Å². The van der Waals surface area contributed by atoms with E-state index < -0.39 is 17.9 Å². The van der Waals surface area contributed by atoms with E-state index in [2.05, 4.69) is 5.32 Å². The van der Waals surface area contributed by atoms with Gasteiger partial charge in [-0.1, -0.05) is 96.0 Å². The van der Waals surface area contributed by atoms with Gasteiger partial charge in [-0.05, 0) is 22.8 Å². The maximum atomic E-state index is 12.8. The zero-order valence-electron chi connectivity index (χ0n) is 17.2. The van der Waals surface area contributed by atoms with Gasteiger partial charge in [0, 0.05) is 12.0 Å². The molecule has 0 heterocycles. The van der Waals surface area contributed by atoms with E-state index in [1.807, 2.05) is 48.5 Å². The maximum Gasteiger partial charge on any atom is 0.326 e. The van der Waals surface area contributed by atoms with E-state index in [0.717, 1.165) is 22.4 Å². The quantitative estimate of drug-likeness (QED) is 0.437. The van der Waals surface area contributed by atoms with Crippen molar-refractivity contribution in [3.05, 3.63) is 94.5 Å². The molecule has 0 spiro atoms. The minimum absolute atomic E-state index is 0.0201. The first-order chi connectivity index (χ1) is 15.4. The molecule has 1 atom stereocenters. The fourth-order valence-electron chi connectivity index (χ4n) is 3.30. The van der Waals surface area contributed by atoms with E-state index in [9.17, 15) is 14.7 Å². The lowest BCUT2D eigenvalue weighted by atomic mass is 9.99. The molecule has 7 heteroatoms. The second-order valence-electron chi connectivity index (χ2n) is 6.97. The number of rotatable bonds is 8. The van der Waals surface area contributed by atoms with Crippen molar-refractivity contribution in [2.24, 2.45) is 0 Å². The molecule has 0 aliphatic rings. The standard InChI is InChI=1S/C25H21Cl2NO4/c1-32-21-10-6-5-9-19(21)17-13-11-16(12-14-17)15-20(25(30)31)28-24(29)22(23(26)27)18-7-3-2-4-8-18/h2-14,20H,15H2,1H3,(H,28,29)(H,30,31)/t20-/m0/s1. The van der Waals surface area contributed by atoms with Crippen molar-refractivity contribution in [3.63, 3.8) is 0 Å². The second-order valence-corrected chi connectivity index (χ2v) is 7.92. The van der Waals surface area contributed by atoms with Crippen LogP contribution in [0.1, 0.15) is 11.1 Å². The Hall–Kier alpha value is -3.28. The number of methoxy groups -OCH3 is 1. The van der Waals surface area contributed by atoms with Gasteiger partial charge in [-0.3, -0.25) is 4.79 Å². The van der Waals surface area contributed by atoms with E-state index >= 15 is 0 Å². The van der Waals surface area contributed by atoms with E-state index in [1.165, 1.54) is 0 Å². The fraction of sp³-hybridized carbons (Fsp3) is 0.120. The van der Waals surface area contributed by atoms with Gasteiger partial charge in [-0.15, -0.1) is 0 Å². The van der Waals surface area contributed by atoms with E-state index in [0.29, 0.717) is 5.56 Å². The third-order valence-electron chi connectivity index (χ3n) is 4.89. The molecule has 0 aliphatic carbocycles. The van der Waals surface area contributed by atoms with Gasteiger partial charge in [0.1, 0.15) is 16.3 Å². The van der Waals surface area contributed by atoms with Crippen LogP contribution in [0, 0.1) is 0 Å². The molecule has 0 unspecified atom stereocenters. The number of halogens is 2. The molecule has 0 bridgehead atoms. The highest BCUT2D eigenvalue weighted by Crippen LogP contribution is 2.30. The van der Waals surface area contributed by atoms with Crippen molar-refractivity contribution in [2.45, 2.75) is 12.5 Å². The molecular weight excluding hydrogens is 449 g/mol. The number of carboxylic acid groups (broad SMARTS) is 1. The molecular formula is C25H21Cl2NO4. The number of amides is 1. The molecule has 2 N–H and O–H groups in total. The highest BCUT2D eigenvalue weighted by molar-refractivity contribution is 6.61. The van der Waals surface area contributed by atoms with Gasteiger partial charge in [0.15, 0.2) is 0 Å². The average molecular weight is 470 g/mol. The highest BCUT2D eigenvalue weighted by atomic mass is 35.5. The fourth-order valence-corrected chi connectivity index (χ4v) is 3.69. The summed E-state index contributed by atoms with van der Waals surface area (Å²) in [5.74, 6) is -1.08. The molecule has 0 saturated carbocycles. The highest BCUT2D eigenvalue weighted by Gasteiger charge is 2.24. The first kappa shape index (κ1) is 23.4. The molecule has 0 radical (unpaired) electrons. The van der Waals surface area contributed by atoms with Crippen LogP contribution in [0.4, 0.5) is 0 Å². The summed E-state index contributed by atoms with van der Waals surface area (Å²) in [5.41, 5.74) is 3.13. The van der Waals surface area contributed by atoms with E-state index in [-0.39, 0.29) is 16.5 Å². The summed E-state index contributed by atoms with van der Waals surface area (Å²) >= 11 is 11.8. The molecule has 3 aromatic rings. The van der Waals surface area contributed by atoms with Crippen LogP contribution >= 0.6 is 23.2 Å². The van der Waals surface area contributed by atoms with Gasteiger partial charge in [0.05, 0.1) is 12.7 Å². The Balaban J connectivity index is 1.78. The predicted octanol–water partition coefficient (Wildman–Crippen LogP) is 5.32. The Bertz CT molecular complexity index is 1120. The number of benzene rings is 3. The topological polar surface area (TPSA) is 75.6 Å². The molecule has 32 heavy (non-hydrogen) atoms. The molecule has 5 nitrogen and oxygen atoms in total. The summed E-state index contributed by atoms with van der Waals surface area (Å²) in [7, 11) is 1.61. The van der Waals surface area contributed by atoms with E-state index in [1.54, 1.807) is 37.4 Å². The summed E-state index contributed by atoms with van der Waals surface area (Å²) in [6.45, 7) is 0. The summed E-state index contributed by atoms with van der Waals surface area (Å²) in [5, 5.41) is 12.2. The van der Waals surface area contributed by atoms with Crippen LogP contribution in [0.15, 0.2) is 83.4 Å². The second kappa shape index (κ2) is 10.8. The number of hydrogen-bond donors (Lipinski definition) is 2. The van der Waals surface area contributed by atoms with Gasteiger partial charge in [0.25, 0.3) is 5.91 Å². The normalized spacial score (nSPS) is 11.3. The Morgan fingerprint density at radius 1 is 0.938 bits per heavy atom. The molecule has 1 amide bonds. The Morgan fingerprint density at radius 3 is 2.16 bits per heavy atom. The van der Waals surface area contributed by atoms with Crippen LogP contribution in [-0.4, -0.2) is 30.1 Å². The smallest absolute Gasteiger partial charge is 0.326 e. The molecule has 0 aromatic heterocycles.